The first-order valence-corrected chi connectivity index (χ1v) is 8.94. The zero-order valence-electron chi connectivity index (χ0n) is 14.8. The zero-order chi connectivity index (χ0) is 19.5. The predicted molar refractivity (Wildman–Crippen MR) is 95.8 cm³/mol. The standard InChI is InChI=1S/C17H23ClF3N3O2/c1-12(2)9-14-11-23(8-7-22(14)6-5-17(19,20)21)16-10-13(18)3-4-15(16)24(25)26/h3-4,10,12,14H,5-9,11H2,1-2H3/t14-/m0/s1. The molecule has 1 aromatic carbocycles. The minimum atomic E-state index is -4.19. The molecule has 1 atom stereocenters. The lowest BCUT2D eigenvalue weighted by molar-refractivity contribution is -0.384. The van der Waals surface area contributed by atoms with Crippen molar-refractivity contribution in [1.29, 1.82) is 0 Å². The van der Waals surface area contributed by atoms with Gasteiger partial charge >= 0.3 is 6.18 Å². The van der Waals surface area contributed by atoms with Crippen molar-refractivity contribution in [2.24, 2.45) is 5.92 Å². The highest BCUT2D eigenvalue weighted by Crippen LogP contribution is 2.33. The lowest BCUT2D eigenvalue weighted by atomic mass is 9.99. The van der Waals surface area contributed by atoms with Crippen LogP contribution in [0.3, 0.4) is 0 Å². The molecule has 1 saturated heterocycles. The van der Waals surface area contributed by atoms with Gasteiger partial charge in [0.15, 0.2) is 0 Å². The molecule has 2 rings (SSSR count). The Morgan fingerprint density at radius 1 is 1.35 bits per heavy atom. The SMILES string of the molecule is CC(C)C[C@H]1CN(c2cc(Cl)ccc2[N+](=O)[O-])CCN1CCC(F)(F)F. The molecule has 26 heavy (non-hydrogen) atoms. The largest absolute Gasteiger partial charge is 0.390 e. The molecule has 0 bridgehead atoms. The Morgan fingerprint density at radius 2 is 2.04 bits per heavy atom. The summed E-state index contributed by atoms with van der Waals surface area (Å²) in [5.74, 6) is 0.308. The van der Waals surface area contributed by atoms with Gasteiger partial charge in [0.05, 0.1) is 11.3 Å². The smallest absolute Gasteiger partial charge is 0.363 e. The molecule has 5 nitrogen and oxygen atoms in total. The number of nitro groups is 1. The average molecular weight is 394 g/mol. The van der Waals surface area contributed by atoms with Crippen molar-refractivity contribution in [3.63, 3.8) is 0 Å². The first kappa shape index (κ1) is 20.8. The van der Waals surface area contributed by atoms with Gasteiger partial charge in [-0.05, 0) is 24.5 Å². The van der Waals surface area contributed by atoms with Crippen LogP contribution in [-0.2, 0) is 0 Å². The summed E-state index contributed by atoms with van der Waals surface area (Å²) in [5.41, 5.74) is 0.383. The summed E-state index contributed by atoms with van der Waals surface area (Å²) in [6, 6.07) is 4.29. The fraction of sp³-hybridized carbons (Fsp3) is 0.647. The molecular weight excluding hydrogens is 371 g/mol. The summed E-state index contributed by atoms with van der Waals surface area (Å²) in [4.78, 5) is 14.6. The van der Waals surface area contributed by atoms with E-state index in [1.807, 2.05) is 23.6 Å². The topological polar surface area (TPSA) is 49.6 Å². The number of halogens is 4. The lowest BCUT2D eigenvalue weighted by Crippen LogP contribution is -2.54. The van der Waals surface area contributed by atoms with Gasteiger partial charge in [-0.1, -0.05) is 25.4 Å². The van der Waals surface area contributed by atoms with Gasteiger partial charge in [-0.15, -0.1) is 0 Å². The van der Waals surface area contributed by atoms with E-state index < -0.39 is 17.5 Å². The van der Waals surface area contributed by atoms with Gasteiger partial charge in [-0.25, -0.2) is 0 Å². The molecule has 0 amide bonds. The summed E-state index contributed by atoms with van der Waals surface area (Å²) in [6.07, 6.45) is -4.31. The average Bonchev–Trinajstić information content (AvgIpc) is 2.51. The van der Waals surface area contributed by atoms with Crippen molar-refractivity contribution in [2.75, 3.05) is 31.1 Å². The molecule has 146 valence electrons. The Bertz CT molecular complexity index is 640. The van der Waals surface area contributed by atoms with E-state index in [2.05, 4.69) is 0 Å². The highest BCUT2D eigenvalue weighted by molar-refractivity contribution is 6.31. The fourth-order valence-electron chi connectivity index (χ4n) is 3.35. The second-order valence-corrected chi connectivity index (χ2v) is 7.46. The highest BCUT2D eigenvalue weighted by atomic mass is 35.5. The minimum absolute atomic E-state index is 0.0403. The normalized spacial score (nSPS) is 19.2. The molecule has 0 N–H and O–H groups in total. The number of benzene rings is 1. The molecule has 1 fully saturated rings. The molecule has 0 radical (unpaired) electrons. The number of nitrogens with zero attached hydrogens (tertiary/aromatic N) is 3. The van der Waals surface area contributed by atoms with Gasteiger partial charge in [0, 0.05) is 43.3 Å². The molecule has 1 aliphatic heterocycles. The Morgan fingerprint density at radius 3 is 2.62 bits per heavy atom. The van der Waals surface area contributed by atoms with Crippen molar-refractivity contribution < 1.29 is 18.1 Å². The van der Waals surface area contributed by atoms with E-state index >= 15 is 0 Å². The number of nitro benzene ring substituents is 1. The molecule has 9 heteroatoms. The summed E-state index contributed by atoms with van der Waals surface area (Å²) in [7, 11) is 0. The second-order valence-electron chi connectivity index (χ2n) is 7.02. The van der Waals surface area contributed by atoms with Gasteiger partial charge < -0.3 is 4.90 Å². The Balaban J connectivity index is 2.19. The quantitative estimate of drug-likeness (QED) is 0.517. The van der Waals surface area contributed by atoms with Gasteiger partial charge in [0.25, 0.3) is 5.69 Å². The maximum absolute atomic E-state index is 12.6. The molecule has 0 saturated carbocycles. The van der Waals surface area contributed by atoms with E-state index in [4.69, 9.17) is 11.6 Å². The molecule has 1 aromatic rings. The summed E-state index contributed by atoms with van der Waals surface area (Å²) in [6.45, 7) is 5.28. The van der Waals surface area contributed by atoms with Crippen LogP contribution in [0.4, 0.5) is 24.5 Å². The first-order valence-electron chi connectivity index (χ1n) is 8.56. The third kappa shape index (κ3) is 5.74. The van der Waals surface area contributed by atoms with Crippen LogP contribution in [0, 0.1) is 16.0 Å². The van der Waals surface area contributed by atoms with Crippen molar-refractivity contribution in [3.05, 3.63) is 33.3 Å². The van der Waals surface area contributed by atoms with Gasteiger partial charge in [0.2, 0.25) is 0 Å². The monoisotopic (exact) mass is 393 g/mol. The number of rotatable bonds is 6. The van der Waals surface area contributed by atoms with Crippen molar-refractivity contribution in [1.82, 2.24) is 4.90 Å². The van der Waals surface area contributed by atoms with Crippen molar-refractivity contribution in [2.45, 2.75) is 38.9 Å². The molecule has 1 aliphatic rings. The van der Waals surface area contributed by atoms with E-state index in [1.165, 1.54) is 12.1 Å². The molecule has 0 aromatic heterocycles. The number of piperazine rings is 1. The van der Waals surface area contributed by atoms with E-state index in [9.17, 15) is 23.3 Å². The second kappa shape index (κ2) is 8.43. The third-order valence-electron chi connectivity index (χ3n) is 4.51. The van der Waals surface area contributed by atoms with Crippen molar-refractivity contribution in [3.8, 4) is 0 Å². The van der Waals surface area contributed by atoms with Crippen LogP contribution in [0.2, 0.25) is 5.02 Å². The number of alkyl halides is 3. The Hall–Kier alpha value is -1.54. The maximum atomic E-state index is 12.6. The Labute approximate surface area is 155 Å². The maximum Gasteiger partial charge on any atom is 0.390 e. The van der Waals surface area contributed by atoms with E-state index in [1.54, 1.807) is 6.07 Å². The van der Waals surface area contributed by atoms with Gasteiger partial charge in [-0.3, -0.25) is 15.0 Å². The predicted octanol–water partition coefficient (Wildman–Crippen LogP) is 4.74. The van der Waals surface area contributed by atoms with E-state index in [-0.39, 0.29) is 18.3 Å². The van der Waals surface area contributed by atoms with E-state index in [0.717, 1.165) is 6.42 Å². The molecular formula is C17H23ClF3N3O2. The number of hydrogen-bond donors (Lipinski definition) is 0. The molecule has 0 aliphatic carbocycles. The van der Waals surface area contributed by atoms with Crippen LogP contribution in [-0.4, -0.2) is 48.2 Å². The molecule has 0 spiro atoms. The number of anilines is 1. The lowest BCUT2D eigenvalue weighted by Gasteiger charge is -2.43. The van der Waals surface area contributed by atoms with Crippen LogP contribution in [0.5, 0.6) is 0 Å². The van der Waals surface area contributed by atoms with Crippen molar-refractivity contribution >= 4 is 23.0 Å². The summed E-state index contributed by atoms with van der Waals surface area (Å²) in [5, 5.41) is 11.7. The van der Waals surface area contributed by atoms with Crippen LogP contribution in [0.15, 0.2) is 18.2 Å². The van der Waals surface area contributed by atoms with Gasteiger partial charge in [-0.2, -0.15) is 13.2 Å². The first-order chi connectivity index (χ1) is 12.1. The molecule has 1 heterocycles. The summed E-state index contributed by atoms with van der Waals surface area (Å²) >= 11 is 6.01. The third-order valence-corrected chi connectivity index (χ3v) is 4.74. The van der Waals surface area contributed by atoms with Crippen LogP contribution >= 0.6 is 11.6 Å². The van der Waals surface area contributed by atoms with E-state index in [0.29, 0.717) is 36.3 Å². The zero-order valence-corrected chi connectivity index (χ0v) is 15.6. The van der Waals surface area contributed by atoms with Gasteiger partial charge in [0.1, 0.15) is 5.69 Å². The van der Waals surface area contributed by atoms with Crippen LogP contribution < -0.4 is 4.90 Å². The minimum Gasteiger partial charge on any atom is -0.363 e. The fourth-order valence-corrected chi connectivity index (χ4v) is 3.51. The number of hydrogen-bond acceptors (Lipinski definition) is 4. The summed E-state index contributed by atoms with van der Waals surface area (Å²) < 4.78 is 37.8. The highest BCUT2D eigenvalue weighted by Gasteiger charge is 2.34. The van der Waals surface area contributed by atoms with Crippen LogP contribution in [0.1, 0.15) is 26.7 Å². The molecule has 0 unspecified atom stereocenters. The van der Waals surface area contributed by atoms with Crippen LogP contribution in [0.25, 0.3) is 0 Å². The Kier molecular flexibility index (Phi) is 6.74.